The molecule has 0 spiro atoms. The zero-order valence-electron chi connectivity index (χ0n) is 6.76. The van der Waals surface area contributed by atoms with Crippen LogP contribution in [0.5, 0.6) is 0 Å². The monoisotopic (exact) mass is 174 g/mol. The maximum Gasteiger partial charge on any atom is 0.124 e. The van der Waals surface area contributed by atoms with Crippen LogP contribution in [0.25, 0.3) is 0 Å². The standard InChI is InChI=1S/C9H15ClO/c10-6-9(7-11)8-4-2-1-3-5-8/h7-9H,1-6H2. The molecule has 1 rings (SSSR count). The first-order valence-corrected chi connectivity index (χ1v) is 4.93. The fourth-order valence-electron chi connectivity index (χ4n) is 1.84. The largest absolute Gasteiger partial charge is 0.303 e. The Bertz CT molecular complexity index is 119. The van der Waals surface area contributed by atoms with Crippen LogP contribution in [0.15, 0.2) is 0 Å². The van der Waals surface area contributed by atoms with Crippen molar-refractivity contribution in [2.24, 2.45) is 11.8 Å². The molecule has 1 unspecified atom stereocenters. The third kappa shape index (κ3) is 2.48. The molecule has 11 heavy (non-hydrogen) atoms. The van der Waals surface area contributed by atoms with Gasteiger partial charge >= 0.3 is 0 Å². The van der Waals surface area contributed by atoms with Gasteiger partial charge in [-0.1, -0.05) is 19.3 Å². The molecule has 2 heteroatoms. The van der Waals surface area contributed by atoms with E-state index in [4.69, 9.17) is 11.6 Å². The van der Waals surface area contributed by atoms with Gasteiger partial charge in [0, 0.05) is 11.8 Å². The predicted molar refractivity (Wildman–Crippen MR) is 46.8 cm³/mol. The van der Waals surface area contributed by atoms with Crippen molar-refractivity contribution in [1.82, 2.24) is 0 Å². The van der Waals surface area contributed by atoms with Gasteiger partial charge in [0.05, 0.1) is 0 Å². The van der Waals surface area contributed by atoms with E-state index >= 15 is 0 Å². The molecule has 0 amide bonds. The highest BCUT2D eigenvalue weighted by atomic mass is 35.5. The van der Waals surface area contributed by atoms with Gasteiger partial charge in [-0.25, -0.2) is 0 Å². The van der Waals surface area contributed by atoms with Crippen molar-refractivity contribution >= 4 is 17.9 Å². The summed E-state index contributed by atoms with van der Waals surface area (Å²) in [6.07, 6.45) is 7.34. The maximum atomic E-state index is 10.6. The molecule has 0 saturated heterocycles. The zero-order valence-corrected chi connectivity index (χ0v) is 7.52. The van der Waals surface area contributed by atoms with Crippen molar-refractivity contribution in [2.75, 3.05) is 5.88 Å². The average molecular weight is 175 g/mol. The van der Waals surface area contributed by atoms with E-state index in [1.807, 2.05) is 0 Å². The Labute approximate surface area is 73.1 Å². The summed E-state index contributed by atoms with van der Waals surface area (Å²) in [5.41, 5.74) is 0. The van der Waals surface area contributed by atoms with E-state index in [2.05, 4.69) is 0 Å². The molecule has 1 nitrogen and oxygen atoms in total. The molecule has 0 aromatic carbocycles. The van der Waals surface area contributed by atoms with Gasteiger partial charge in [0.1, 0.15) is 6.29 Å². The van der Waals surface area contributed by atoms with Crippen molar-refractivity contribution in [3.63, 3.8) is 0 Å². The summed E-state index contributed by atoms with van der Waals surface area (Å²) in [6, 6.07) is 0. The molecule has 0 bridgehead atoms. The van der Waals surface area contributed by atoms with Crippen LogP contribution in [0.1, 0.15) is 32.1 Å². The fraction of sp³-hybridized carbons (Fsp3) is 0.889. The first-order chi connectivity index (χ1) is 5.38. The quantitative estimate of drug-likeness (QED) is 0.475. The lowest BCUT2D eigenvalue weighted by atomic mass is 9.81. The van der Waals surface area contributed by atoms with Gasteiger partial charge in [-0.15, -0.1) is 11.6 Å². The lowest BCUT2D eigenvalue weighted by molar-refractivity contribution is -0.112. The minimum absolute atomic E-state index is 0.122. The van der Waals surface area contributed by atoms with Crippen LogP contribution in [0.4, 0.5) is 0 Å². The summed E-state index contributed by atoms with van der Waals surface area (Å²) in [7, 11) is 0. The molecule has 0 aromatic heterocycles. The Hall–Kier alpha value is -0.0400. The molecule has 1 atom stereocenters. The summed E-state index contributed by atoms with van der Waals surface area (Å²) in [6.45, 7) is 0. The van der Waals surface area contributed by atoms with Crippen LogP contribution in [-0.4, -0.2) is 12.2 Å². The van der Waals surface area contributed by atoms with E-state index in [0.29, 0.717) is 11.8 Å². The van der Waals surface area contributed by atoms with Crippen molar-refractivity contribution < 1.29 is 4.79 Å². The van der Waals surface area contributed by atoms with E-state index in [9.17, 15) is 4.79 Å². The van der Waals surface area contributed by atoms with Crippen LogP contribution in [0.2, 0.25) is 0 Å². The molecule has 0 N–H and O–H groups in total. The van der Waals surface area contributed by atoms with Gasteiger partial charge in [0.15, 0.2) is 0 Å². The van der Waals surface area contributed by atoms with Crippen molar-refractivity contribution in [3.05, 3.63) is 0 Å². The first kappa shape index (κ1) is 9.05. The second-order valence-electron chi connectivity index (χ2n) is 3.35. The lowest BCUT2D eigenvalue weighted by Gasteiger charge is -2.24. The molecule has 64 valence electrons. The van der Waals surface area contributed by atoms with E-state index < -0.39 is 0 Å². The van der Waals surface area contributed by atoms with Gasteiger partial charge < -0.3 is 4.79 Å². The van der Waals surface area contributed by atoms with Crippen LogP contribution >= 0.6 is 11.6 Å². The lowest BCUT2D eigenvalue weighted by Crippen LogP contribution is -2.20. The van der Waals surface area contributed by atoms with E-state index in [-0.39, 0.29) is 5.92 Å². The molecule has 1 fully saturated rings. The highest BCUT2D eigenvalue weighted by Gasteiger charge is 2.21. The number of rotatable bonds is 3. The SMILES string of the molecule is O=CC(CCl)C1CCCCC1. The van der Waals surface area contributed by atoms with E-state index in [1.165, 1.54) is 32.1 Å². The van der Waals surface area contributed by atoms with Gasteiger partial charge in [0.2, 0.25) is 0 Å². The second-order valence-corrected chi connectivity index (χ2v) is 3.66. The van der Waals surface area contributed by atoms with Crippen LogP contribution in [-0.2, 0) is 4.79 Å². The molecule has 0 aliphatic heterocycles. The van der Waals surface area contributed by atoms with Crippen molar-refractivity contribution in [2.45, 2.75) is 32.1 Å². The number of alkyl halides is 1. The Morgan fingerprint density at radius 1 is 1.36 bits per heavy atom. The number of hydrogen-bond acceptors (Lipinski definition) is 1. The van der Waals surface area contributed by atoms with Crippen LogP contribution in [0, 0.1) is 11.8 Å². The van der Waals surface area contributed by atoms with Gasteiger partial charge in [-0.2, -0.15) is 0 Å². The number of hydrogen-bond donors (Lipinski definition) is 0. The minimum atomic E-state index is 0.122. The average Bonchev–Trinajstić information content (AvgIpc) is 2.09. The number of carbonyl (C=O) groups is 1. The fourth-order valence-corrected chi connectivity index (χ4v) is 2.16. The van der Waals surface area contributed by atoms with Crippen LogP contribution in [0.3, 0.4) is 0 Å². The Kier molecular flexibility index (Phi) is 3.92. The summed E-state index contributed by atoms with van der Waals surface area (Å²) in [5.74, 6) is 1.21. The summed E-state index contributed by atoms with van der Waals surface area (Å²) >= 11 is 5.67. The summed E-state index contributed by atoms with van der Waals surface area (Å²) in [5, 5.41) is 0. The third-order valence-electron chi connectivity index (χ3n) is 2.61. The van der Waals surface area contributed by atoms with Gasteiger partial charge in [0.25, 0.3) is 0 Å². The van der Waals surface area contributed by atoms with E-state index in [1.54, 1.807) is 0 Å². The van der Waals surface area contributed by atoms with Crippen LogP contribution < -0.4 is 0 Å². The Morgan fingerprint density at radius 2 is 2.00 bits per heavy atom. The van der Waals surface area contributed by atoms with Crippen molar-refractivity contribution in [3.8, 4) is 0 Å². The normalized spacial score (nSPS) is 23.0. The number of carbonyl (C=O) groups excluding carboxylic acids is 1. The number of aldehydes is 1. The highest BCUT2D eigenvalue weighted by Crippen LogP contribution is 2.29. The smallest absolute Gasteiger partial charge is 0.124 e. The molecule has 1 saturated carbocycles. The number of halogens is 1. The first-order valence-electron chi connectivity index (χ1n) is 4.39. The second kappa shape index (κ2) is 4.76. The molecule has 1 aliphatic rings. The predicted octanol–water partition coefficient (Wildman–Crippen LogP) is 2.62. The van der Waals surface area contributed by atoms with E-state index in [0.717, 1.165) is 6.29 Å². The molecular weight excluding hydrogens is 160 g/mol. The third-order valence-corrected chi connectivity index (χ3v) is 2.96. The van der Waals surface area contributed by atoms with Gasteiger partial charge in [-0.05, 0) is 18.8 Å². The minimum Gasteiger partial charge on any atom is -0.303 e. The summed E-state index contributed by atoms with van der Waals surface area (Å²) < 4.78 is 0. The topological polar surface area (TPSA) is 17.1 Å². The molecule has 1 aliphatic carbocycles. The Balaban J connectivity index is 2.35. The Morgan fingerprint density at radius 3 is 2.45 bits per heavy atom. The maximum absolute atomic E-state index is 10.6. The highest BCUT2D eigenvalue weighted by molar-refractivity contribution is 6.18. The summed E-state index contributed by atoms with van der Waals surface area (Å²) in [4.78, 5) is 10.6. The molecule has 0 radical (unpaired) electrons. The molecule has 0 heterocycles. The zero-order chi connectivity index (χ0) is 8.10. The molecular formula is C9H15ClO. The van der Waals surface area contributed by atoms with Gasteiger partial charge in [-0.3, -0.25) is 0 Å². The molecule has 0 aromatic rings. The van der Waals surface area contributed by atoms with Crippen molar-refractivity contribution in [1.29, 1.82) is 0 Å².